The molecule has 50 heavy (non-hydrogen) atoms. The highest BCUT2D eigenvalue weighted by Gasteiger charge is 2.13. The van der Waals surface area contributed by atoms with Crippen LogP contribution in [-0.4, -0.2) is 49.7 Å². The van der Waals surface area contributed by atoms with E-state index in [9.17, 15) is 9.59 Å². The van der Waals surface area contributed by atoms with Crippen molar-refractivity contribution in [3.05, 3.63) is 0 Å². The first-order chi connectivity index (χ1) is 24.6. The van der Waals surface area contributed by atoms with E-state index in [4.69, 9.17) is 9.47 Å². The minimum absolute atomic E-state index is 0.00626. The van der Waals surface area contributed by atoms with Crippen LogP contribution in [0.5, 0.6) is 0 Å². The lowest BCUT2D eigenvalue weighted by molar-refractivity contribution is -0.145. The zero-order chi connectivity index (χ0) is 36.6. The molecular weight excluding hydrogens is 618 g/mol. The molecule has 0 bridgehead atoms. The third-order valence-electron chi connectivity index (χ3n) is 10.4. The second-order valence-electron chi connectivity index (χ2n) is 15.5. The SMILES string of the molecule is CCCCCCCCCOC(=O)CCCCCCCN(CCC)CCCCCCC(=O)OCC(CCCCCCCC)CCCCCCCC. The molecule has 0 saturated carbocycles. The van der Waals surface area contributed by atoms with Gasteiger partial charge in [-0.05, 0) is 76.9 Å². The number of hydrogen-bond donors (Lipinski definition) is 0. The molecule has 0 aromatic rings. The van der Waals surface area contributed by atoms with Gasteiger partial charge in [-0.1, -0.05) is 175 Å². The molecule has 0 rings (SSSR count). The first-order valence-electron chi connectivity index (χ1n) is 22.6. The van der Waals surface area contributed by atoms with E-state index >= 15 is 0 Å². The second-order valence-corrected chi connectivity index (χ2v) is 15.5. The van der Waals surface area contributed by atoms with Crippen LogP contribution in [0.3, 0.4) is 0 Å². The molecule has 0 aromatic heterocycles. The molecule has 298 valence electrons. The van der Waals surface area contributed by atoms with Crippen molar-refractivity contribution in [2.24, 2.45) is 5.92 Å². The Hall–Kier alpha value is -1.10. The summed E-state index contributed by atoms with van der Waals surface area (Å²) in [5, 5.41) is 0. The van der Waals surface area contributed by atoms with Gasteiger partial charge in [0.2, 0.25) is 0 Å². The van der Waals surface area contributed by atoms with Gasteiger partial charge < -0.3 is 14.4 Å². The number of carbonyl (C=O) groups excluding carboxylic acids is 2. The molecule has 0 atom stereocenters. The summed E-state index contributed by atoms with van der Waals surface area (Å²) in [6.07, 6.45) is 39.8. The van der Waals surface area contributed by atoms with Gasteiger partial charge in [0.25, 0.3) is 0 Å². The molecule has 5 nitrogen and oxygen atoms in total. The van der Waals surface area contributed by atoms with Crippen LogP contribution in [0.25, 0.3) is 0 Å². The smallest absolute Gasteiger partial charge is 0.305 e. The van der Waals surface area contributed by atoms with Gasteiger partial charge in [-0.25, -0.2) is 0 Å². The highest BCUT2D eigenvalue weighted by Crippen LogP contribution is 2.20. The summed E-state index contributed by atoms with van der Waals surface area (Å²) in [5.74, 6) is 0.566. The summed E-state index contributed by atoms with van der Waals surface area (Å²) in [6.45, 7) is 13.8. The Morgan fingerprint density at radius 2 is 0.780 bits per heavy atom. The van der Waals surface area contributed by atoms with Gasteiger partial charge >= 0.3 is 11.9 Å². The Morgan fingerprint density at radius 3 is 1.24 bits per heavy atom. The van der Waals surface area contributed by atoms with Crippen molar-refractivity contribution >= 4 is 11.9 Å². The number of nitrogens with zero attached hydrogens (tertiary/aromatic N) is 1. The number of carbonyl (C=O) groups is 2. The largest absolute Gasteiger partial charge is 0.466 e. The van der Waals surface area contributed by atoms with Gasteiger partial charge in [-0.2, -0.15) is 0 Å². The minimum atomic E-state index is -0.00626. The summed E-state index contributed by atoms with van der Waals surface area (Å²) in [7, 11) is 0. The van der Waals surface area contributed by atoms with Gasteiger partial charge in [0.1, 0.15) is 0 Å². The molecule has 0 aliphatic carbocycles. The molecule has 0 radical (unpaired) electrons. The maximum Gasteiger partial charge on any atom is 0.305 e. The number of rotatable bonds is 41. The van der Waals surface area contributed by atoms with Crippen LogP contribution in [-0.2, 0) is 19.1 Å². The van der Waals surface area contributed by atoms with Crippen LogP contribution in [0.1, 0.15) is 240 Å². The van der Waals surface area contributed by atoms with Crippen LogP contribution >= 0.6 is 0 Å². The lowest BCUT2D eigenvalue weighted by atomic mass is 9.94. The lowest BCUT2D eigenvalue weighted by Crippen LogP contribution is -2.27. The number of ether oxygens (including phenoxy) is 2. The van der Waals surface area contributed by atoms with Gasteiger partial charge in [0.05, 0.1) is 13.2 Å². The summed E-state index contributed by atoms with van der Waals surface area (Å²) < 4.78 is 11.3. The van der Waals surface area contributed by atoms with Crippen molar-refractivity contribution in [2.75, 3.05) is 32.8 Å². The first kappa shape index (κ1) is 48.9. The maximum atomic E-state index is 12.6. The second kappa shape index (κ2) is 40.7. The summed E-state index contributed by atoms with van der Waals surface area (Å²) in [6, 6.07) is 0. The van der Waals surface area contributed by atoms with Crippen LogP contribution in [0.4, 0.5) is 0 Å². The molecule has 0 heterocycles. The molecule has 0 fully saturated rings. The van der Waals surface area contributed by atoms with Crippen molar-refractivity contribution in [3.63, 3.8) is 0 Å². The quantitative estimate of drug-likeness (QED) is 0.0468. The van der Waals surface area contributed by atoms with E-state index in [0.29, 0.717) is 32.0 Å². The normalized spacial score (nSPS) is 11.6. The zero-order valence-corrected chi connectivity index (χ0v) is 34.5. The Bertz CT molecular complexity index is 683. The van der Waals surface area contributed by atoms with Gasteiger partial charge in [0, 0.05) is 12.8 Å². The van der Waals surface area contributed by atoms with E-state index in [-0.39, 0.29) is 11.9 Å². The Balaban J connectivity index is 3.94. The summed E-state index contributed by atoms with van der Waals surface area (Å²) >= 11 is 0. The van der Waals surface area contributed by atoms with E-state index in [1.165, 1.54) is 187 Å². The van der Waals surface area contributed by atoms with E-state index < -0.39 is 0 Å². The molecule has 0 N–H and O–H groups in total. The molecule has 0 aromatic carbocycles. The third-order valence-corrected chi connectivity index (χ3v) is 10.4. The van der Waals surface area contributed by atoms with Crippen LogP contribution in [0, 0.1) is 5.92 Å². The van der Waals surface area contributed by atoms with Crippen LogP contribution in [0.2, 0.25) is 0 Å². The van der Waals surface area contributed by atoms with Crippen molar-refractivity contribution in [3.8, 4) is 0 Å². The Labute approximate surface area is 313 Å². The highest BCUT2D eigenvalue weighted by atomic mass is 16.5. The zero-order valence-electron chi connectivity index (χ0n) is 34.5. The average molecular weight is 708 g/mol. The molecule has 0 unspecified atom stereocenters. The van der Waals surface area contributed by atoms with Gasteiger partial charge in [-0.15, -0.1) is 0 Å². The summed E-state index contributed by atoms with van der Waals surface area (Å²) in [5.41, 5.74) is 0. The fourth-order valence-electron chi connectivity index (χ4n) is 7.08. The highest BCUT2D eigenvalue weighted by molar-refractivity contribution is 5.69. The molecule has 5 heteroatoms. The predicted octanol–water partition coefficient (Wildman–Crippen LogP) is 13.9. The lowest BCUT2D eigenvalue weighted by Gasteiger charge is -2.21. The van der Waals surface area contributed by atoms with E-state index in [0.717, 1.165) is 32.1 Å². The average Bonchev–Trinajstić information content (AvgIpc) is 3.11. The van der Waals surface area contributed by atoms with Gasteiger partial charge in [-0.3, -0.25) is 9.59 Å². The standard InChI is InChI=1S/C45H89NO4/c1-5-9-12-15-18-26-33-41-49-44(47)36-29-22-19-24-31-39-46(38-8-4)40-32-25-23-30-37-45(48)50-42-43(34-27-20-16-13-10-6-2)35-28-21-17-14-11-7-3/h43H,5-42H2,1-4H3. The fourth-order valence-corrected chi connectivity index (χ4v) is 7.08. The van der Waals surface area contributed by atoms with Crippen LogP contribution in [0.15, 0.2) is 0 Å². The first-order valence-corrected chi connectivity index (χ1v) is 22.6. The predicted molar refractivity (Wildman–Crippen MR) is 217 cm³/mol. The van der Waals surface area contributed by atoms with Crippen LogP contribution < -0.4 is 0 Å². The Kier molecular flexibility index (Phi) is 39.8. The minimum Gasteiger partial charge on any atom is -0.466 e. The van der Waals surface area contributed by atoms with E-state index in [2.05, 4.69) is 32.6 Å². The number of esters is 2. The number of unbranched alkanes of at least 4 members (excludes halogenated alkanes) is 23. The van der Waals surface area contributed by atoms with Crippen molar-refractivity contribution < 1.29 is 19.1 Å². The fraction of sp³-hybridized carbons (Fsp3) is 0.956. The van der Waals surface area contributed by atoms with E-state index in [1.807, 2.05) is 0 Å². The Morgan fingerprint density at radius 1 is 0.400 bits per heavy atom. The molecule has 0 aliphatic rings. The molecule has 0 spiro atoms. The van der Waals surface area contributed by atoms with Crippen molar-refractivity contribution in [2.45, 2.75) is 240 Å². The monoisotopic (exact) mass is 708 g/mol. The van der Waals surface area contributed by atoms with Crippen molar-refractivity contribution in [1.29, 1.82) is 0 Å². The third kappa shape index (κ3) is 36.7. The molecular formula is C45H89NO4. The van der Waals surface area contributed by atoms with Crippen molar-refractivity contribution in [1.82, 2.24) is 4.90 Å². The number of hydrogen-bond acceptors (Lipinski definition) is 5. The topological polar surface area (TPSA) is 55.8 Å². The van der Waals surface area contributed by atoms with E-state index in [1.54, 1.807) is 0 Å². The summed E-state index contributed by atoms with van der Waals surface area (Å²) in [4.78, 5) is 27.2. The van der Waals surface area contributed by atoms with Gasteiger partial charge in [0.15, 0.2) is 0 Å². The molecule has 0 saturated heterocycles. The maximum absolute atomic E-state index is 12.6. The molecule has 0 amide bonds. The molecule has 0 aliphatic heterocycles.